The van der Waals surface area contributed by atoms with E-state index < -0.39 is 0 Å². The van der Waals surface area contributed by atoms with Gasteiger partial charge in [-0.15, -0.1) is 18.0 Å². The van der Waals surface area contributed by atoms with Crippen molar-refractivity contribution in [3.05, 3.63) is 12.2 Å². The van der Waals surface area contributed by atoms with Crippen molar-refractivity contribution in [2.75, 3.05) is 0 Å². The van der Waals surface area contributed by atoms with E-state index in [0.29, 0.717) is 4.83 Å². The molecule has 2 saturated heterocycles. The first-order valence-corrected chi connectivity index (χ1v) is 8.21. The average Bonchev–Trinajstić information content (AvgIpc) is 2.79. The highest BCUT2D eigenvalue weighted by molar-refractivity contribution is 9.09. The fourth-order valence-corrected chi connectivity index (χ4v) is 4.25. The fraction of sp³-hybridized carbons (Fsp3) is 0.733. The van der Waals surface area contributed by atoms with Crippen LogP contribution in [0.2, 0.25) is 0 Å². The maximum absolute atomic E-state index is 6.47. The minimum Gasteiger partial charge on any atom is -0.371 e. The lowest BCUT2D eigenvalue weighted by molar-refractivity contribution is -0.0500. The first-order valence-electron chi connectivity index (χ1n) is 6.85. The molecule has 0 aromatic heterocycles. The second-order valence-electron chi connectivity index (χ2n) is 5.14. The monoisotopic (exact) mass is 346 g/mol. The van der Waals surface area contributed by atoms with Crippen molar-refractivity contribution in [1.82, 2.24) is 0 Å². The van der Waals surface area contributed by atoms with Gasteiger partial charge in [-0.3, -0.25) is 0 Å². The highest BCUT2D eigenvalue weighted by Gasteiger charge is 2.43. The highest BCUT2D eigenvalue weighted by Crippen LogP contribution is 2.37. The van der Waals surface area contributed by atoms with E-state index in [1.165, 1.54) is 0 Å². The Morgan fingerprint density at radius 2 is 2.05 bits per heavy atom. The topological polar surface area (TPSA) is 18.5 Å². The Balaban J connectivity index is 2.07. The summed E-state index contributed by atoms with van der Waals surface area (Å²) in [5, 5.41) is 0.0476. The van der Waals surface area contributed by atoms with E-state index >= 15 is 0 Å². The zero-order valence-electron chi connectivity index (χ0n) is 11.1. The molecule has 106 valence electrons. The van der Waals surface area contributed by atoms with Gasteiger partial charge in [0.2, 0.25) is 0 Å². The van der Waals surface area contributed by atoms with Gasteiger partial charge in [0, 0.05) is 11.2 Å². The predicted octanol–water partition coefficient (Wildman–Crippen LogP) is 3.66. The van der Waals surface area contributed by atoms with Crippen molar-refractivity contribution in [3.63, 3.8) is 0 Å². The first kappa shape index (κ1) is 15.4. The molecule has 0 aromatic rings. The molecule has 0 saturated carbocycles. The summed E-state index contributed by atoms with van der Waals surface area (Å²) in [6.45, 7) is 2.14. The van der Waals surface area contributed by atoms with Crippen LogP contribution < -0.4 is 0 Å². The average molecular weight is 348 g/mol. The Hall–Kier alpha value is -0.0100. The van der Waals surface area contributed by atoms with Gasteiger partial charge in [-0.2, -0.15) is 0 Å². The molecule has 0 aliphatic carbocycles. The third-order valence-corrected chi connectivity index (χ3v) is 5.24. The molecule has 2 rings (SSSR count). The molecule has 0 aromatic carbocycles. The van der Waals surface area contributed by atoms with Crippen LogP contribution in [-0.2, 0) is 9.47 Å². The van der Waals surface area contributed by atoms with Crippen molar-refractivity contribution >= 4 is 27.5 Å². The highest BCUT2D eigenvalue weighted by atomic mass is 79.9. The van der Waals surface area contributed by atoms with Gasteiger partial charge in [0.1, 0.15) is 0 Å². The lowest BCUT2D eigenvalue weighted by Gasteiger charge is -2.30. The normalized spacial score (nSPS) is 42.8. The molecular formula is C15H20BrClO2. The number of terminal acetylenes is 1. The molecule has 2 fully saturated rings. The summed E-state index contributed by atoms with van der Waals surface area (Å²) in [6, 6.07) is 0. The van der Waals surface area contributed by atoms with E-state index in [1.807, 2.05) is 6.08 Å². The standard InChI is InChI=1S/C15H20BrClO2/c1-3-5-6-7-13-15-9-14(19-13)11(17)8-10(16)12(4-2)18-15/h1,5-6,10-15H,4,7-9H2,2H3/t10-,11-,12+,13-,14-,15-/m0/s1. The van der Waals surface area contributed by atoms with Crippen LogP contribution in [0.3, 0.4) is 0 Å². The Bertz CT molecular complexity index is 366. The Morgan fingerprint density at radius 1 is 1.32 bits per heavy atom. The molecule has 0 radical (unpaired) electrons. The minimum absolute atomic E-state index is 0.0476. The van der Waals surface area contributed by atoms with Crippen LogP contribution in [0.1, 0.15) is 32.6 Å². The molecule has 2 heterocycles. The quantitative estimate of drug-likeness (QED) is 0.573. The molecule has 2 nitrogen and oxygen atoms in total. The number of rotatable bonds is 3. The van der Waals surface area contributed by atoms with Crippen molar-refractivity contribution < 1.29 is 9.47 Å². The molecule has 2 aliphatic heterocycles. The van der Waals surface area contributed by atoms with Crippen LogP contribution in [0, 0.1) is 12.3 Å². The summed E-state index contributed by atoms with van der Waals surface area (Å²) in [5.41, 5.74) is 0. The Kier molecular flexibility index (Phi) is 5.77. The lowest BCUT2D eigenvalue weighted by atomic mass is 9.99. The number of alkyl halides is 2. The van der Waals surface area contributed by atoms with E-state index in [0.717, 1.165) is 25.7 Å². The third kappa shape index (κ3) is 3.76. The molecule has 2 bridgehead atoms. The van der Waals surface area contributed by atoms with Gasteiger partial charge in [-0.05, 0) is 25.3 Å². The van der Waals surface area contributed by atoms with E-state index in [4.69, 9.17) is 27.5 Å². The van der Waals surface area contributed by atoms with Crippen molar-refractivity contribution in [2.24, 2.45) is 0 Å². The third-order valence-electron chi connectivity index (χ3n) is 3.82. The van der Waals surface area contributed by atoms with E-state index in [2.05, 4.69) is 28.8 Å². The van der Waals surface area contributed by atoms with Crippen LogP contribution in [0.25, 0.3) is 0 Å². The zero-order valence-corrected chi connectivity index (χ0v) is 13.4. The van der Waals surface area contributed by atoms with Crippen molar-refractivity contribution in [3.8, 4) is 12.3 Å². The second-order valence-corrected chi connectivity index (χ2v) is 6.88. The lowest BCUT2D eigenvalue weighted by Crippen LogP contribution is -2.37. The van der Waals surface area contributed by atoms with Gasteiger partial charge in [0.15, 0.2) is 0 Å². The fourth-order valence-electron chi connectivity index (χ4n) is 2.78. The van der Waals surface area contributed by atoms with Crippen LogP contribution >= 0.6 is 27.5 Å². The van der Waals surface area contributed by atoms with Gasteiger partial charge < -0.3 is 9.47 Å². The van der Waals surface area contributed by atoms with Gasteiger partial charge in [0.25, 0.3) is 0 Å². The summed E-state index contributed by atoms with van der Waals surface area (Å²) in [5.74, 6) is 2.50. The summed E-state index contributed by atoms with van der Waals surface area (Å²) >= 11 is 10.2. The summed E-state index contributed by atoms with van der Waals surface area (Å²) < 4.78 is 12.3. The smallest absolute Gasteiger partial charge is 0.0876 e. The van der Waals surface area contributed by atoms with Crippen LogP contribution in [-0.4, -0.2) is 34.6 Å². The molecule has 19 heavy (non-hydrogen) atoms. The summed E-state index contributed by atoms with van der Waals surface area (Å²) in [4.78, 5) is 0.300. The number of allylic oxidation sites excluding steroid dienone is 1. The minimum atomic E-state index is 0.0476. The number of hydrogen-bond acceptors (Lipinski definition) is 2. The molecule has 0 N–H and O–H groups in total. The zero-order chi connectivity index (χ0) is 13.8. The molecule has 0 amide bonds. The van der Waals surface area contributed by atoms with Gasteiger partial charge in [-0.25, -0.2) is 0 Å². The van der Waals surface area contributed by atoms with Gasteiger partial charge in [-0.1, -0.05) is 34.9 Å². The van der Waals surface area contributed by atoms with E-state index in [-0.39, 0.29) is 29.8 Å². The number of ether oxygens (including phenoxy) is 2. The van der Waals surface area contributed by atoms with Crippen molar-refractivity contribution in [1.29, 1.82) is 0 Å². The predicted molar refractivity (Wildman–Crippen MR) is 81.8 cm³/mol. The summed E-state index contributed by atoms with van der Waals surface area (Å²) in [6.07, 6.45) is 12.9. The Morgan fingerprint density at radius 3 is 2.74 bits per heavy atom. The van der Waals surface area contributed by atoms with Gasteiger partial charge >= 0.3 is 0 Å². The molecular weight excluding hydrogens is 328 g/mol. The number of fused-ring (bicyclic) bond motifs is 2. The van der Waals surface area contributed by atoms with Crippen molar-refractivity contribution in [2.45, 2.75) is 67.2 Å². The van der Waals surface area contributed by atoms with Crippen LogP contribution in [0.4, 0.5) is 0 Å². The van der Waals surface area contributed by atoms with E-state index in [1.54, 1.807) is 6.08 Å². The maximum atomic E-state index is 6.47. The van der Waals surface area contributed by atoms with Crippen LogP contribution in [0.5, 0.6) is 0 Å². The molecule has 0 unspecified atom stereocenters. The maximum Gasteiger partial charge on any atom is 0.0876 e. The first-order chi connectivity index (χ1) is 9.15. The van der Waals surface area contributed by atoms with Crippen LogP contribution in [0.15, 0.2) is 12.2 Å². The molecule has 4 heteroatoms. The van der Waals surface area contributed by atoms with Gasteiger partial charge in [0.05, 0.1) is 29.8 Å². The molecule has 6 atom stereocenters. The molecule has 0 spiro atoms. The Labute approximate surface area is 129 Å². The number of halogens is 2. The number of hydrogen-bond donors (Lipinski definition) is 0. The molecule has 2 aliphatic rings. The van der Waals surface area contributed by atoms with E-state index in [9.17, 15) is 0 Å². The second kappa shape index (κ2) is 7.13. The largest absolute Gasteiger partial charge is 0.371 e. The SMILES string of the molecule is C#CC=CC[C@@H]1O[C@H]2C[C@@H]1O[C@H](CC)[C@@H](Br)C[C@@H]2Cl. The summed E-state index contributed by atoms with van der Waals surface area (Å²) in [7, 11) is 0.